The maximum Gasteiger partial charge on any atom is 0.0729 e. The van der Waals surface area contributed by atoms with Crippen LogP contribution in [0.5, 0.6) is 0 Å². The number of nitrogens with one attached hydrogen (secondary N) is 1. The monoisotopic (exact) mass is 129 g/mol. The third kappa shape index (κ3) is 1.43. The molecule has 0 radical (unpaired) electrons. The molecule has 3 fully saturated rings. The fourth-order valence-corrected chi connectivity index (χ4v) is 1.22. The number of morpholine rings is 1. The molecule has 0 spiro atoms. The summed E-state index contributed by atoms with van der Waals surface area (Å²) in [5.41, 5.74) is 0. The number of rotatable bonds is 0. The van der Waals surface area contributed by atoms with Crippen molar-refractivity contribution >= 4 is 0 Å². The molecule has 0 aromatic rings. The predicted molar refractivity (Wildman–Crippen MR) is 37.5 cm³/mol. The average Bonchev–Trinajstić information content (AvgIpc) is 1.93. The normalized spacial score (nSPS) is 38.0. The Bertz CT molecular complexity index is 65.5. The first kappa shape index (κ1) is 7.03. The lowest BCUT2D eigenvalue weighted by molar-refractivity contribution is -0.143. The Kier molecular flexibility index (Phi) is 2.49. The van der Waals surface area contributed by atoms with Crippen LogP contribution in [0.15, 0.2) is 0 Å². The minimum atomic E-state index is 0.568. The van der Waals surface area contributed by atoms with Crippen molar-refractivity contribution < 1.29 is 4.74 Å². The van der Waals surface area contributed by atoms with Crippen molar-refractivity contribution in [3.05, 3.63) is 0 Å². The van der Waals surface area contributed by atoms with E-state index in [4.69, 9.17) is 4.74 Å². The maximum atomic E-state index is 5.31. The van der Waals surface area contributed by atoms with E-state index < -0.39 is 0 Å². The second-order valence-electron chi connectivity index (χ2n) is 2.27. The summed E-state index contributed by atoms with van der Waals surface area (Å²) in [7, 11) is 0. The van der Waals surface area contributed by atoms with Gasteiger partial charge >= 0.3 is 0 Å². The highest BCUT2D eigenvalue weighted by Crippen LogP contribution is 2.22. The number of piperidine rings is 1. The lowest BCUT2D eigenvalue weighted by Gasteiger charge is -2.41. The Hall–Kier alpha value is -0.0800. The van der Waals surface area contributed by atoms with Crippen LogP contribution in [0.25, 0.3) is 0 Å². The van der Waals surface area contributed by atoms with Crippen LogP contribution in [0, 0.1) is 0 Å². The maximum absolute atomic E-state index is 5.31. The van der Waals surface area contributed by atoms with Gasteiger partial charge in [-0.15, -0.1) is 0 Å². The number of fused-ring (bicyclic) bond motifs is 2. The van der Waals surface area contributed by atoms with Crippen LogP contribution in [0.4, 0.5) is 0 Å². The summed E-state index contributed by atoms with van der Waals surface area (Å²) in [6, 6.07) is 0. The molecular weight excluding hydrogens is 114 g/mol. The van der Waals surface area contributed by atoms with Crippen molar-refractivity contribution in [1.29, 1.82) is 0 Å². The standard InChI is InChI=1S/C5H9NO.C2H6/c1-4-2-6-3-5(1)7-4;1-2/h4-6H,1-3H2;1-2H3/t4-,5+;. The van der Waals surface area contributed by atoms with Gasteiger partial charge in [-0.25, -0.2) is 0 Å². The molecule has 3 rings (SSSR count). The molecular formula is C7H15NO. The van der Waals surface area contributed by atoms with Crippen LogP contribution >= 0.6 is 0 Å². The van der Waals surface area contributed by atoms with Crippen molar-refractivity contribution in [2.75, 3.05) is 13.1 Å². The number of ether oxygens (including phenoxy) is 1. The highest BCUT2D eigenvalue weighted by atomic mass is 16.5. The van der Waals surface area contributed by atoms with Crippen molar-refractivity contribution in [3.63, 3.8) is 0 Å². The van der Waals surface area contributed by atoms with E-state index in [0.29, 0.717) is 12.2 Å². The van der Waals surface area contributed by atoms with E-state index >= 15 is 0 Å². The Balaban J connectivity index is 0.000000186. The first-order valence-electron chi connectivity index (χ1n) is 3.81. The fourth-order valence-electron chi connectivity index (χ4n) is 1.22. The third-order valence-electron chi connectivity index (χ3n) is 1.65. The molecule has 3 saturated heterocycles. The molecule has 2 nitrogen and oxygen atoms in total. The number of hydrogen-bond donors (Lipinski definition) is 1. The summed E-state index contributed by atoms with van der Waals surface area (Å²) in [6.45, 7) is 6.16. The molecule has 1 N–H and O–H groups in total. The van der Waals surface area contributed by atoms with Gasteiger partial charge in [0.2, 0.25) is 0 Å². The smallest absolute Gasteiger partial charge is 0.0729 e. The summed E-state index contributed by atoms with van der Waals surface area (Å²) < 4.78 is 5.31. The van der Waals surface area contributed by atoms with Crippen LogP contribution in [-0.2, 0) is 4.74 Å². The van der Waals surface area contributed by atoms with Crippen LogP contribution in [0.2, 0.25) is 0 Å². The summed E-state index contributed by atoms with van der Waals surface area (Å²) in [5.74, 6) is 0. The summed E-state index contributed by atoms with van der Waals surface area (Å²) in [5, 5.41) is 3.26. The SMILES string of the molecule is C1NC[C@H]2C[C@@H]1O2.CC. The molecule has 3 aliphatic heterocycles. The molecule has 2 bridgehead atoms. The molecule has 54 valence electrons. The van der Waals surface area contributed by atoms with Crippen LogP contribution in [0.3, 0.4) is 0 Å². The molecule has 3 heterocycles. The zero-order valence-electron chi connectivity index (χ0n) is 6.18. The molecule has 0 aromatic carbocycles. The van der Waals surface area contributed by atoms with Gasteiger partial charge in [0.1, 0.15) is 0 Å². The quantitative estimate of drug-likeness (QED) is 0.521. The lowest BCUT2D eigenvalue weighted by atomic mass is 10.0. The second-order valence-corrected chi connectivity index (χ2v) is 2.27. The molecule has 9 heavy (non-hydrogen) atoms. The Morgan fingerprint density at radius 1 is 1.22 bits per heavy atom. The third-order valence-corrected chi connectivity index (χ3v) is 1.65. The van der Waals surface area contributed by atoms with Gasteiger partial charge in [-0.1, -0.05) is 13.8 Å². The molecule has 2 heteroatoms. The van der Waals surface area contributed by atoms with Gasteiger partial charge in [0.15, 0.2) is 0 Å². The summed E-state index contributed by atoms with van der Waals surface area (Å²) in [6.07, 6.45) is 2.44. The first-order chi connectivity index (χ1) is 4.45. The van der Waals surface area contributed by atoms with E-state index in [0.717, 1.165) is 13.1 Å². The van der Waals surface area contributed by atoms with E-state index in [2.05, 4.69) is 5.32 Å². The topological polar surface area (TPSA) is 21.3 Å². The van der Waals surface area contributed by atoms with Gasteiger partial charge in [0.25, 0.3) is 0 Å². The molecule has 0 aliphatic carbocycles. The first-order valence-corrected chi connectivity index (χ1v) is 3.81. The highest BCUT2D eigenvalue weighted by molar-refractivity contribution is 4.86. The minimum Gasteiger partial charge on any atom is -0.372 e. The van der Waals surface area contributed by atoms with Crippen molar-refractivity contribution in [1.82, 2.24) is 5.32 Å². The van der Waals surface area contributed by atoms with Gasteiger partial charge in [-0.05, 0) is 0 Å². The van der Waals surface area contributed by atoms with Crippen LogP contribution in [0.1, 0.15) is 20.3 Å². The second kappa shape index (κ2) is 3.18. The van der Waals surface area contributed by atoms with Gasteiger partial charge in [-0.2, -0.15) is 0 Å². The summed E-state index contributed by atoms with van der Waals surface area (Å²) in [4.78, 5) is 0. The Morgan fingerprint density at radius 2 is 1.67 bits per heavy atom. The Morgan fingerprint density at radius 3 is 1.78 bits per heavy atom. The van der Waals surface area contributed by atoms with Gasteiger partial charge < -0.3 is 10.1 Å². The van der Waals surface area contributed by atoms with E-state index in [1.165, 1.54) is 6.42 Å². The van der Waals surface area contributed by atoms with E-state index in [1.54, 1.807) is 0 Å². The van der Waals surface area contributed by atoms with Crippen molar-refractivity contribution in [3.8, 4) is 0 Å². The van der Waals surface area contributed by atoms with Gasteiger partial charge in [0, 0.05) is 19.5 Å². The fraction of sp³-hybridized carbons (Fsp3) is 1.00. The van der Waals surface area contributed by atoms with E-state index in [-0.39, 0.29) is 0 Å². The molecule has 0 amide bonds. The predicted octanol–water partition coefficient (Wildman–Crippen LogP) is 0.773. The molecule has 3 aliphatic rings. The molecule has 0 unspecified atom stereocenters. The highest BCUT2D eigenvalue weighted by Gasteiger charge is 2.33. The zero-order chi connectivity index (χ0) is 6.69. The van der Waals surface area contributed by atoms with Crippen LogP contribution < -0.4 is 5.32 Å². The van der Waals surface area contributed by atoms with Gasteiger partial charge in [0.05, 0.1) is 12.2 Å². The lowest BCUT2D eigenvalue weighted by Crippen LogP contribution is -2.55. The van der Waals surface area contributed by atoms with E-state index in [9.17, 15) is 0 Å². The van der Waals surface area contributed by atoms with Crippen molar-refractivity contribution in [2.45, 2.75) is 32.5 Å². The Labute approximate surface area is 56.6 Å². The van der Waals surface area contributed by atoms with Crippen LogP contribution in [-0.4, -0.2) is 25.3 Å². The largest absolute Gasteiger partial charge is 0.372 e. The molecule has 0 aromatic heterocycles. The molecule has 0 saturated carbocycles. The van der Waals surface area contributed by atoms with Gasteiger partial charge in [-0.3, -0.25) is 0 Å². The molecule has 2 atom stereocenters. The van der Waals surface area contributed by atoms with E-state index in [1.807, 2.05) is 13.8 Å². The zero-order valence-corrected chi connectivity index (χ0v) is 6.18. The average molecular weight is 129 g/mol. The minimum absolute atomic E-state index is 0.568. The number of hydrogen-bond acceptors (Lipinski definition) is 2. The van der Waals surface area contributed by atoms with Crippen molar-refractivity contribution in [2.24, 2.45) is 0 Å². The summed E-state index contributed by atoms with van der Waals surface area (Å²) >= 11 is 0.